The van der Waals surface area contributed by atoms with Crippen molar-refractivity contribution in [3.05, 3.63) is 36.3 Å². The molecule has 0 radical (unpaired) electrons. The van der Waals surface area contributed by atoms with Gasteiger partial charge in [-0.15, -0.1) is 0 Å². The van der Waals surface area contributed by atoms with E-state index in [1.807, 2.05) is 29.3 Å². The van der Waals surface area contributed by atoms with Gasteiger partial charge >= 0.3 is 0 Å². The molecule has 2 fully saturated rings. The zero-order valence-corrected chi connectivity index (χ0v) is 13.4. The minimum Gasteiger partial charge on any atom is -0.381 e. The molecule has 2 aliphatic rings. The summed E-state index contributed by atoms with van der Waals surface area (Å²) in [5.41, 5.74) is 1.04. The van der Waals surface area contributed by atoms with Crippen LogP contribution >= 0.6 is 0 Å². The molecule has 1 unspecified atom stereocenters. The molecule has 0 spiro atoms. The smallest absolute Gasteiger partial charge is 0.272 e. The molecule has 24 heavy (non-hydrogen) atoms. The van der Waals surface area contributed by atoms with E-state index in [2.05, 4.69) is 10.3 Å². The van der Waals surface area contributed by atoms with Crippen molar-refractivity contribution in [2.75, 3.05) is 19.8 Å². The molecule has 2 saturated heterocycles. The standard InChI is InChI=1S/C17H20N4O3/c22-16(14-11-20-7-2-1-3-15(20)18-14)19-13-4-8-21(17(13)23)12-5-9-24-10-6-12/h1-3,7,11-13H,4-6,8-10H2,(H,19,22). The van der Waals surface area contributed by atoms with Gasteiger partial charge in [0, 0.05) is 38.2 Å². The highest BCUT2D eigenvalue weighted by Gasteiger charge is 2.37. The molecule has 2 amide bonds. The van der Waals surface area contributed by atoms with Gasteiger partial charge in [-0.25, -0.2) is 4.98 Å². The number of nitrogens with one attached hydrogen (secondary N) is 1. The number of rotatable bonds is 3. The fourth-order valence-corrected chi connectivity index (χ4v) is 3.47. The highest BCUT2D eigenvalue weighted by molar-refractivity contribution is 5.97. The van der Waals surface area contributed by atoms with E-state index in [0.717, 1.165) is 12.8 Å². The Hall–Kier alpha value is -2.41. The number of fused-ring (bicyclic) bond motifs is 1. The Balaban J connectivity index is 1.43. The first-order chi connectivity index (χ1) is 11.7. The lowest BCUT2D eigenvalue weighted by Gasteiger charge is -2.31. The first kappa shape index (κ1) is 15.1. The maximum absolute atomic E-state index is 12.6. The minimum absolute atomic E-state index is 0.0130. The number of nitrogens with zero attached hydrogens (tertiary/aromatic N) is 3. The van der Waals surface area contributed by atoms with Gasteiger partial charge in [0.05, 0.1) is 0 Å². The van der Waals surface area contributed by atoms with E-state index in [9.17, 15) is 9.59 Å². The van der Waals surface area contributed by atoms with Crippen LogP contribution in [0.3, 0.4) is 0 Å². The highest BCUT2D eigenvalue weighted by atomic mass is 16.5. The zero-order chi connectivity index (χ0) is 16.5. The molecule has 0 aliphatic carbocycles. The summed E-state index contributed by atoms with van der Waals surface area (Å²) in [6, 6.07) is 5.37. The molecule has 4 rings (SSSR count). The summed E-state index contributed by atoms with van der Waals surface area (Å²) in [5.74, 6) is -0.287. The third kappa shape index (κ3) is 2.75. The van der Waals surface area contributed by atoms with E-state index in [1.54, 1.807) is 10.6 Å². The van der Waals surface area contributed by atoms with Crippen molar-refractivity contribution in [3.8, 4) is 0 Å². The van der Waals surface area contributed by atoms with Crippen LogP contribution in [0, 0.1) is 0 Å². The van der Waals surface area contributed by atoms with Crippen LogP contribution in [0.25, 0.3) is 5.65 Å². The molecular formula is C17H20N4O3. The Labute approximate surface area is 139 Å². The summed E-state index contributed by atoms with van der Waals surface area (Å²) >= 11 is 0. The number of aromatic nitrogens is 2. The Bertz CT molecular complexity index is 733. The lowest BCUT2D eigenvalue weighted by molar-refractivity contribution is -0.132. The first-order valence-corrected chi connectivity index (χ1v) is 8.35. The molecule has 2 aliphatic heterocycles. The summed E-state index contributed by atoms with van der Waals surface area (Å²) in [6.45, 7) is 2.10. The second-order valence-corrected chi connectivity index (χ2v) is 6.28. The van der Waals surface area contributed by atoms with Gasteiger partial charge in [-0.3, -0.25) is 9.59 Å². The number of ether oxygens (including phenoxy) is 1. The number of imidazole rings is 1. The van der Waals surface area contributed by atoms with Gasteiger partial charge in [0.25, 0.3) is 5.91 Å². The van der Waals surface area contributed by atoms with Crippen molar-refractivity contribution >= 4 is 17.5 Å². The lowest BCUT2D eigenvalue weighted by atomic mass is 10.1. The van der Waals surface area contributed by atoms with E-state index in [4.69, 9.17) is 4.74 Å². The van der Waals surface area contributed by atoms with E-state index >= 15 is 0 Å². The number of amides is 2. The molecule has 0 bridgehead atoms. The topological polar surface area (TPSA) is 75.9 Å². The molecule has 1 N–H and O–H groups in total. The van der Waals surface area contributed by atoms with Crippen LogP contribution in [0.1, 0.15) is 29.8 Å². The summed E-state index contributed by atoms with van der Waals surface area (Å²) in [6.07, 6.45) is 5.92. The van der Waals surface area contributed by atoms with E-state index < -0.39 is 6.04 Å². The van der Waals surface area contributed by atoms with Crippen molar-refractivity contribution in [1.29, 1.82) is 0 Å². The molecule has 7 heteroatoms. The molecule has 0 aromatic carbocycles. The van der Waals surface area contributed by atoms with Gasteiger partial charge in [0.1, 0.15) is 17.4 Å². The largest absolute Gasteiger partial charge is 0.381 e. The third-order valence-corrected chi connectivity index (χ3v) is 4.77. The van der Waals surface area contributed by atoms with Crippen molar-refractivity contribution in [3.63, 3.8) is 0 Å². The number of likely N-dealkylation sites (tertiary alicyclic amines) is 1. The summed E-state index contributed by atoms with van der Waals surface area (Å²) < 4.78 is 7.15. The maximum atomic E-state index is 12.6. The van der Waals surface area contributed by atoms with Crippen molar-refractivity contribution < 1.29 is 14.3 Å². The molecule has 1 atom stereocenters. The highest BCUT2D eigenvalue weighted by Crippen LogP contribution is 2.21. The molecule has 7 nitrogen and oxygen atoms in total. The molecule has 126 valence electrons. The van der Waals surface area contributed by atoms with Crippen LogP contribution in [0.4, 0.5) is 0 Å². The first-order valence-electron chi connectivity index (χ1n) is 8.35. The number of carbonyl (C=O) groups excluding carboxylic acids is 2. The Morgan fingerprint density at radius 1 is 1.25 bits per heavy atom. The zero-order valence-electron chi connectivity index (χ0n) is 13.4. The number of pyridine rings is 1. The van der Waals surface area contributed by atoms with Gasteiger partial charge in [0.15, 0.2) is 0 Å². The van der Waals surface area contributed by atoms with Crippen LogP contribution in [0.2, 0.25) is 0 Å². The Kier molecular flexibility index (Phi) is 3.93. The summed E-state index contributed by atoms with van der Waals surface area (Å²) in [4.78, 5) is 31.2. The van der Waals surface area contributed by atoms with E-state index in [-0.39, 0.29) is 17.9 Å². The lowest BCUT2D eigenvalue weighted by Crippen LogP contribution is -2.46. The number of hydrogen-bond donors (Lipinski definition) is 1. The average Bonchev–Trinajstić information content (AvgIpc) is 3.20. The minimum atomic E-state index is -0.454. The van der Waals surface area contributed by atoms with Crippen LogP contribution in [-0.4, -0.2) is 57.9 Å². The normalized spacial score (nSPS) is 22.2. The van der Waals surface area contributed by atoms with Crippen molar-refractivity contribution in [2.24, 2.45) is 0 Å². The van der Waals surface area contributed by atoms with Gasteiger partial charge in [0.2, 0.25) is 5.91 Å². The quantitative estimate of drug-likeness (QED) is 0.906. The SMILES string of the molecule is O=C(NC1CCN(C2CCOCC2)C1=O)c1cn2ccccc2n1. The molecule has 4 heterocycles. The monoisotopic (exact) mass is 328 g/mol. The van der Waals surface area contributed by atoms with Crippen LogP contribution in [0.5, 0.6) is 0 Å². The number of carbonyl (C=O) groups is 2. The van der Waals surface area contributed by atoms with Crippen LogP contribution < -0.4 is 5.32 Å². The summed E-state index contributed by atoms with van der Waals surface area (Å²) in [5, 5.41) is 2.84. The fraction of sp³-hybridized carbons (Fsp3) is 0.471. The predicted molar refractivity (Wildman–Crippen MR) is 86.6 cm³/mol. The third-order valence-electron chi connectivity index (χ3n) is 4.77. The van der Waals surface area contributed by atoms with Crippen molar-refractivity contribution in [2.45, 2.75) is 31.3 Å². The van der Waals surface area contributed by atoms with Gasteiger partial charge in [-0.1, -0.05) is 6.07 Å². The van der Waals surface area contributed by atoms with Crippen molar-refractivity contribution in [1.82, 2.24) is 19.6 Å². The molecule has 0 saturated carbocycles. The van der Waals surface area contributed by atoms with E-state index in [0.29, 0.717) is 37.5 Å². The van der Waals surface area contributed by atoms with Crippen LogP contribution in [0.15, 0.2) is 30.6 Å². The van der Waals surface area contributed by atoms with Gasteiger partial charge in [-0.05, 0) is 31.4 Å². The summed E-state index contributed by atoms with van der Waals surface area (Å²) in [7, 11) is 0. The molecular weight excluding hydrogens is 308 g/mol. The average molecular weight is 328 g/mol. The molecule has 2 aromatic rings. The molecule has 2 aromatic heterocycles. The maximum Gasteiger partial charge on any atom is 0.272 e. The van der Waals surface area contributed by atoms with Crippen LogP contribution in [-0.2, 0) is 9.53 Å². The Morgan fingerprint density at radius 2 is 2.08 bits per heavy atom. The second-order valence-electron chi connectivity index (χ2n) is 6.28. The second kappa shape index (κ2) is 6.24. The van der Waals surface area contributed by atoms with E-state index in [1.165, 1.54) is 0 Å². The Morgan fingerprint density at radius 3 is 2.88 bits per heavy atom. The predicted octanol–water partition coefficient (Wildman–Crippen LogP) is 0.844. The number of hydrogen-bond acceptors (Lipinski definition) is 4. The fourth-order valence-electron chi connectivity index (χ4n) is 3.47. The van der Waals surface area contributed by atoms with Gasteiger partial charge in [-0.2, -0.15) is 0 Å². The van der Waals surface area contributed by atoms with Gasteiger partial charge < -0.3 is 19.4 Å².